The molecule has 6 nitrogen and oxygen atoms in total. The molecule has 0 bridgehead atoms. The minimum absolute atomic E-state index is 0.0315. The Morgan fingerprint density at radius 1 is 1.25 bits per heavy atom. The number of methoxy groups -OCH3 is 2. The van der Waals surface area contributed by atoms with Crippen molar-refractivity contribution < 1.29 is 14.2 Å². The molecule has 0 aliphatic rings. The monoisotopic (exact) mass is 231 g/mol. The Hall–Kier alpha value is -0.810. The van der Waals surface area contributed by atoms with Gasteiger partial charge in [-0.2, -0.15) is 0 Å². The zero-order valence-corrected chi connectivity index (χ0v) is 10.3. The molecule has 16 heavy (non-hydrogen) atoms. The molecular weight excluding hydrogens is 210 g/mol. The van der Waals surface area contributed by atoms with Crippen LogP contribution in [-0.4, -0.2) is 46.2 Å². The molecule has 0 amide bonds. The van der Waals surface area contributed by atoms with E-state index in [1.165, 1.54) is 0 Å². The predicted octanol–water partition coefficient (Wildman–Crippen LogP) is 2.14. The van der Waals surface area contributed by atoms with Gasteiger partial charge in [0, 0.05) is 25.7 Å². The summed E-state index contributed by atoms with van der Waals surface area (Å²) < 4.78 is 15.8. The molecule has 0 rings (SSSR count). The van der Waals surface area contributed by atoms with E-state index in [4.69, 9.17) is 19.7 Å². The van der Waals surface area contributed by atoms with Gasteiger partial charge in [-0.1, -0.05) is 5.11 Å². The van der Waals surface area contributed by atoms with Crippen molar-refractivity contribution in [3.8, 4) is 0 Å². The molecule has 0 aromatic carbocycles. The van der Waals surface area contributed by atoms with Crippen molar-refractivity contribution in [2.75, 3.05) is 34.0 Å². The average molecular weight is 231 g/mol. The van der Waals surface area contributed by atoms with Crippen molar-refractivity contribution in [1.29, 1.82) is 0 Å². The number of rotatable bonds is 10. The molecule has 0 spiro atoms. The van der Waals surface area contributed by atoms with E-state index >= 15 is 0 Å². The minimum atomic E-state index is 0.0315. The van der Waals surface area contributed by atoms with Gasteiger partial charge in [0.25, 0.3) is 0 Å². The second-order valence-corrected chi connectivity index (χ2v) is 3.58. The molecule has 0 aromatic heterocycles. The SMILES string of the molecule is COCC(C)OC(CCCN=[N+]=[N-])COC. The van der Waals surface area contributed by atoms with Crippen molar-refractivity contribution in [2.24, 2.45) is 5.11 Å². The summed E-state index contributed by atoms with van der Waals surface area (Å²) in [4.78, 5) is 2.70. The van der Waals surface area contributed by atoms with Crippen LogP contribution in [0.2, 0.25) is 0 Å². The summed E-state index contributed by atoms with van der Waals surface area (Å²) in [6, 6.07) is 0. The summed E-state index contributed by atoms with van der Waals surface area (Å²) in [6.07, 6.45) is 1.70. The summed E-state index contributed by atoms with van der Waals surface area (Å²) >= 11 is 0. The molecule has 0 saturated carbocycles. The zero-order valence-electron chi connectivity index (χ0n) is 10.3. The quantitative estimate of drug-likeness (QED) is 0.250. The highest BCUT2D eigenvalue weighted by atomic mass is 16.6. The Labute approximate surface area is 96.5 Å². The Kier molecular flexibility index (Phi) is 10.2. The fourth-order valence-electron chi connectivity index (χ4n) is 1.41. The van der Waals surface area contributed by atoms with Crippen molar-refractivity contribution in [1.82, 2.24) is 0 Å². The molecule has 2 atom stereocenters. The first kappa shape index (κ1) is 15.2. The van der Waals surface area contributed by atoms with E-state index in [1.54, 1.807) is 14.2 Å². The highest BCUT2D eigenvalue weighted by molar-refractivity contribution is 4.61. The maximum absolute atomic E-state index is 8.14. The third-order valence-corrected chi connectivity index (χ3v) is 2.03. The first-order valence-corrected chi connectivity index (χ1v) is 5.38. The second-order valence-electron chi connectivity index (χ2n) is 3.58. The highest BCUT2D eigenvalue weighted by Crippen LogP contribution is 2.07. The number of azide groups is 1. The van der Waals surface area contributed by atoms with Crippen LogP contribution in [-0.2, 0) is 14.2 Å². The first-order valence-electron chi connectivity index (χ1n) is 5.38. The molecule has 0 saturated heterocycles. The van der Waals surface area contributed by atoms with Gasteiger partial charge in [0.15, 0.2) is 0 Å². The van der Waals surface area contributed by atoms with E-state index in [0.717, 1.165) is 12.8 Å². The lowest BCUT2D eigenvalue weighted by atomic mass is 10.2. The van der Waals surface area contributed by atoms with E-state index < -0.39 is 0 Å². The molecule has 0 heterocycles. The van der Waals surface area contributed by atoms with Crippen LogP contribution in [0.4, 0.5) is 0 Å². The molecule has 0 aliphatic carbocycles. The highest BCUT2D eigenvalue weighted by Gasteiger charge is 2.12. The van der Waals surface area contributed by atoms with E-state index in [-0.39, 0.29) is 12.2 Å². The topological polar surface area (TPSA) is 76.5 Å². The Bertz CT molecular complexity index is 207. The van der Waals surface area contributed by atoms with Crippen molar-refractivity contribution >= 4 is 0 Å². The number of hydrogen-bond donors (Lipinski definition) is 0. The molecule has 2 unspecified atom stereocenters. The molecule has 6 heteroatoms. The summed E-state index contributed by atoms with van der Waals surface area (Å²) in [5, 5.41) is 3.48. The Morgan fingerprint density at radius 2 is 1.94 bits per heavy atom. The van der Waals surface area contributed by atoms with Crippen molar-refractivity contribution in [3.05, 3.63) is 10.4 Å². The lowest BCUT2D eigenvalue weighted by Crippen LogP contribution is -2.27. The van der Waals surface area contributed by atoms with Crippen LogP contribution in [0.5, 0.6) is 0 Å². The van der Waals surface area contributed by atoms with E-state index in [2.05, 4.69) is 10.0 Å². The van der Waals surface area contributed by atoms with Gasteiger partial charge in [0.2, 0.25) is 0 Å². The molecule has 0 aromatic rings. The Balaban J connectivity index is 3.81. The largest absolute Gasteiger partial charge is 0.382 e. The standard InChI is InChI=1S/C10H21N3O3/c1-9(7-14-2)16-10(8-15-3)5-4-6-12-13-11/h9-10H,4-8H2,1-3H3. The molecule has 0 aliphatic heterocycles. The van der Waals surface area contributed by atoms with Gasteiger partial charge in [-0.05, 0) is 25.3 Å². The van der Waals surface area contributed by atoms with E-state index in [9.17, 15) is 0 Å². The normalized spacial score (nSPS) is 14.2. The Morgan fingerprint density at radius 3 is 2.50 bits per heavy atom. The lowest BCUT2D eigenvalue weighted by molar-refractivity contribution is -0.0686. The van der Waals surface area contributed by atoms with Crippen LogP contribution in [0.25, 0.3) is 10.4 Å². The van der Waals surface area contributed by atoms with Crippen LogP contribution in [0.3, 0.4) is 0 Å². The van der Waals surface area contributed by atoms with Gasteiger partial charge in [-0.25, -0.2) is 0 Å². The van der Waals surface area contributed by atoms with Crippen LogP contribution in [0, 0.1) is 0 Å². The van der Waals surface area contributed by atoms with Gasteiger partial charge < -0.3 is 14.2 Å². The number of nitrogens with zero attached hydrogens (tertiary/aromatic N) is 3. The van der Waals surface area contributed by atoms with Crippen LogP contribution < -0.4 is 0 Å². The minimum Gasteiger partial charge on any atom is -0.382 e. The van der Waals surface area contributed by atoms with E-state index in [0.29, 0.717) is 19.8 Å². The molecule has 94 valence electrons. The number of hydrogen-bond acceptors (Lipinski definition) is 4. The molecule has 0 radical (unpaired) electrons. The number of ether oxygens (including phenoxy) is 3. The lowest BCUT2D eigenvalue weighted by Gasteiger charge is -2.21. The fourth-order valence-corrected chi connectivity index (χ4v) is 1.41. The van der Waals surface area contributed by atoms with Gasteiger partial charge in [-0.15, -0.1) is 0 Å². The maximum Gasteiger partial charge on any atom is 0.0813 e. The van der Waals surface area contributed by atoms with Gasteiger partial charge in [-0.3, -0.25) is 0 Å². The van der Waals surface area contributed by atoms with Crippen molar-refractivity contribution in [3.63, 3.8) is 0 Å². The van der Waals surface area contributed by atoms with Crippen molar-refractivity contribution in [2.45, 2.75) is 32.0 Å². The smallest absolute Gasteiger partial charge is 0.0813 e. The average Bonchev–Trinajstić information content (AvgIpc) is 2.25. The summed E-state index contributed by atoms with van der Waals surface area (Å²) in [5.74, 6) is 0. The van der Waals surface area contributed by atoms with E-state index in [1.807, 2.05) is 6.92 Å². The molecular formula is C10H21N3O3. The third kappa shape index (κ3) is 8.49. The first-order chi connectivity index (χ1) is 7.74. The fraction of sp³-hybridized carbons (Fsp3) is 1.00. The second kappa shape index (κ2) is 10.7. The van der Waals surface area contributed by atoms with Gasteiger partial charge >= 0.3 is 0 Å². The van der Waals surface area contributed by atoms with Crippen LogP contribution >= 0.6 is 0 Å². The van der Waals surface area contributed by atoms with Gasteiger partial charge in [0.05, 0.1) is 25.4 Å². The summed E-state index contributed by atoms with van der Waals surface area (Å²) in [6.45, 7) is 3.57. The molecule has 0 fully saturated rings. The summed E-state index contributed by atoms with van der Waals surface area (Å²) in [5.41, 5.74) is 8.14. The maximum atomic E-state index is 8.14. The van der Waals surface area contributed by atoms with Crippen LogP contribution in [0.15, 0.2) is 5.11 Å². The predicted molar refractivity (Wildman–Crippen MR) is 61.3 cm³/mol. The van der Waals surface area contributed by atoms with Gasteiger partial charge in [0.1, 0.15) is 0 Å². The van der Waals surface area contributed by atoms with Crippen LogP contribution in [0.1, 0.15) is 19.8 Å². The zero-order chi connectivity index (χ0) is 12.2. The molecule has 0 N–H and O–H groups in total. The third-order valence-electron chi connectivity index (χ3n) is 2.03. The summed E-state index contributed by atoms with van der Waals surface area (Å²) in [7, 11) is 3.29.